The number of hydrogen-bond acceptors (Lipinski definition) is 5. The van der Waals surface area contributed by atoms with E-state index in [2.05, 4.69) is 5.32 Å². The summed E-state index contributed by atoms with van der Waals surface area (Å²) in [5.41, 5.74) is 0. The number of piperidine rings is 1. The Morgan fingerprint density at radius 2 is 2.14 bits per heavy atom. The van der Waals surface area contributed by atoms with Gasteiger partial charge in [0, 0.05) is 6.54 Å². The van der Waals surface area contributed by atoms with Crippen LogP contribution in [-0.2, 0) is 14.3 Å². The van der Waals surface area contributed by atoms with Crippen molar-refractivity contribution >= 4 is 29.7 Å². The molecule has 0 radical (unpaired) electrons. The number of aliphatic carboxylic acids is 1. The molecule has 2 amide bonds. The van der Waals surface area contributed by atoms with Gasteiger partial charge in [-0.1, -0.05) is 0 Å². The fraction of sp³-hybridized carbons (Fsp3) is 0.769. The van der Waals surface area contributed by atoms with Crippen LogP contribution >= 0.6 is 11.8 Å². The Labute approximate surface area is 128 Å². The van der Waals surface area contributed by atoms with E-state index in [-0.39, 0.29) is 0 Å². The maximum atomic E-state index is 12.2. The van der Waals surface area contributed by atoms with E-state index in [1.165, 1.54) is 23.8 Å². The summed E-state index contributed by atoms with van der Waals surface area (Å²) in [6.07, 6.45) is 4.40. The first kappa shape index (κ1) is 17.6. The average molecular weight is 318 g/mol. The zero-order chi connectivity index (χ0) is 15.8. The van der Waals surface area contributed by atoms with Gasteiger partial charge in [0.25, 0.3) is 0 Å². The Hall–Kier alpha value is -1.44. The molecule has 1 unspecified atom stereocenters. The van der Waals surface area contributed by atoms with Crippen molar-refractivity contribution < 1.29 is 24.2 Å². The molecule has 21 heavy (non-hydrogen) atoms. The van der Waals surface area contributed by atoms with Crippen LogP contribution in [0.3, 0.4) is 0 Å². The first-order chi connectivity index (χ1) is 10.0. The average Bonchev–Trinajstić information content (AvgIpc) is 2.50. The van der Waals surface area contributed by atoms with Gasteiger partial charge in [-0.15, -0.1) is 0 Å². The molecule has 1 heterocycles. The second-order valence-electron chi connectivity index (χ2n) is 4.85. The number of ether oxygens (including phenoxy) is 1. The van der Waals surface area contributed by atoms with Crippen LogP contribution in [0.15, 0.2) is 0 Å². The molecule has 0 spiro atoms. The lowest BCUT2D eigenvalue weighted by Gasteiger charge is -2.34. The largest absolute Gasteiger partial charge is 0.480 e. The Balaban J connectivity index is 2.69. The molecule has 120 valence electrons. The first-order valence-corrected chi connectivity index (χ1v) is 8.27. The van der Waals surface area contributed by atoms with Crippen molar-refractivity contribution in [2.75, 3.05) is 25.7 Å². The fourth-order valence-corrected chi connectivity index (χ4v) is 2.75. The van der Waals surface area contributed by atoms with Gasteiger partial charge < -0.3 is 20.1 Å². The molecular weight excluding hydrogens is 296 g/mol. The minimum atomic E-state index is -1.07. The van der Waals surface area contributed by atoms with Gasteiger partial charge in [-0.3, -0.25) is 0 Å². The molecule has 0 bridgehead atoms. The molecule has 2 atom stereocenters. The van der Waals surface area contributed by atoms with Crippen molar-refractivity contribution in [3.8, 4) is 0 Å². The maximum absolute atomic E-state index is 12.2. The minimum absolute atomic E-state index is 0.346. The third kappa shape index (κ3) is 5.11. The normalized spacial score (nSPS) is 19.7. The Morgan fingerprint density at radius 1 is 1.43 bits per heavy atom. The molecule has 2 N–H and O–H groups in total. The summed E-state index contributed by atoms with van der Waals surface area (Å²) in [5.74, 6) is -0.887. The molecule has 0 aromatic carbocycles. The lowest BCUT2D eigenvalue weighted by Crippen LogP contribution is -2.55. The Bertz CT molecular complexity index is 391. The quantitative estimate of drug-likeness (QED) is 0.707. The van der Waals surface area contributed by atoms with E-state index in [1.807, 2.05) is 6.26 Å². The summed E-state index contributed by atoms with van der Waals surface area (Å²) < 4.78 is 4.71. The van der Waals surface area contributed by atoms with Gasteiger partial charge in [0.2, 0.25) is 0 Å². The highest BCUT2D eigenvalue weighted by atomic mass is 32.2. The minimum Gasteiger partial charge on any atom is -0.480 e. The molecule has 8 heteroatoms. The number of carboxylic acid groups (broad SMARTS) is 1. The lowest BCUT2D eigenvalue weighted by atomic mass is 10.0. The van der Waals surface area contributed by atoms with Crippen molar-refractivity contribution in [3.05, 3.63) is 0 Å². The second kappa shape index (κ2) is 8.76. The standard InChI is InChI=1S/C13H22N2O5S/c1-20-12(18)10-5-3-4-7-15(10)13(19)14-9(11(16)17)6-8-21-2/h9-10H,3-8H2,1-2H3,(H,14,19)(H,16,17)/t9-,10?/m0/s1. The summed E-state index contributed by atoms with van der Waals surface area (Å²) in [5, 5.41) is 11.6. The summed E-state index contributed by atoms with van der Waals surface area (Å²) in [4.78, 5) is 36.5. The van der Waals surface area contributed by atoms with Crippen LogP contribution in [0.4, 0.5) is 4.79 Å². The number of urea groups is 1. The first-order valence-electron chi connectivity index (χ1n) is 6.88. The van der Waals surface area contributed by atoms with Crippen LogP contribution in [0.2, 0.25) is 0 Å². The van der Waals surface area contributed by atoms with E-state index >= 15 is 0 Å². The van der Waals surface area contributed by atoms with E-state index in [0.29, 0.717) is 25.1 Å². The van der Waals surface area contributed by atoms with Gasteiger partial charge >= 0.3 is 18.0 Å². The van der Waals surface area contributed by atoms with E-state index in [1.54, 1.807) is 0 Å². The predicted octanol–water partition coefficient (Wildman–Crippen LogP) is 0.930. The summed E-state index contributed by atoms with van der Waals surface area (Å²) in [6.45, 7) is 0.431. The number of likely N-dealkylation sites (tertiary alicyclic amines) is 1. The number of rotatable bonds is 6. The van der Waals surface area contributed by atoms with Crippen LogP contribution in [0, 0.1) is 0 Å². The number of carbonyl (C=O) groups excluding carboxylic acids is 2. The molecular formula is C13H22N2O5S. The number of methoxy groups -OCH3 is 1. The predicted molar refractivity (Wildman–Crippen MR) is 79.3 cm³/mol. The third-order valence-corrected chi connectivity index (χ3v) is 4.09. The van der Waals surface area contributed by atoms with Crippen molar-refractivity contribution in [1.82, 2.24) is 10.2 Å². The molecule has 0 aromatic rings. The topological polar surface area (TPSA) is 95.9 Å². The van der Waals surface area contributed by atoms with Gasteiger partial charge in [-0.2, -0.15) is 11.8 Å². The van der Waals surface area contributed by atoms with Gasteiger partial charge in [-0.05, 0) is 37.7 Å². The number of thioether (sulfide) groups is 1. The molecule has 0 saturated carbocycles. The zero-order valence-corrected chi connectivity index (χ0v) is 13.1. The number of amides is 2. The number of carboxylic acids is 1. The Kier molecular flexibility index (Phi) is 7.35. The number of esters is 1. The van der Waals surface area contributed by atoms with Crippen molar-refractivity contribution in [1.29, 1.82) is 0 Å². The SMILES string of the molecule is COC(=O)C1CCCCN1C(=O)N[C@@H](CCSC)C(=O)O. The van der Waals surface area contributed by atoms with Crippen molar-refractivity contribution in [2.24, 2.45) is 0 Å². The molecule has 1 rings (SSSR count). The van der Waals surface area contributed by atoms with Crippen molar-refractivity contribution in [3.63, 3.8) is 0 Å². The van der Waals surface area contributed by atoms with E-state index in [4.69, 9.17) is 9.84 Å². The second-order valence-corrected chi connectivity index (χ2v) is 5.84. The highest BCUT2D eigenvalue weighted by Gasteiger charge is 2.34. The van der Waals surface area contributed by atoms with Crippen LogP contribution in [-0.4, -0.2) is 65.7 Å². The molecule has 0 aromatic heterocycles. The number of carbonyl (C=O) groups is 3. The molecule has 7 nitrogen and oxygen atoms in total. The lowest BCUT2D eigenvalue weighted by molar-refractivity contribution is -0.146. The van der Waals surface area contributed by atoms with E-state index in [0.717, 1.165) is 12.8 Å². The van der Waals surface area contributed by atoms with E-state index < -0.39 is 30.1 Å². The smallest absolute Gasteiger partial charge is 0.328 e. The van der Waals surface area contributed by atoms with Gasteiger partial charge in [0.15, 0.2) is 0 Å². The molecule has 1 saturated heterocycles. The van der Waals surface area contributed by atoms with Crippen LogP contribution in [0.5, 0.6) is 0 Å². The van der Waals surface area contributed by atoms with Gasteiger partial charge in [-0.25, -0.2) is 14.4 Å². The van der Waals surface area contributed by atoms with Crippen LogP contribution in [0.1, 0.15) is 25.7 Å². The van der Waals surface area contributed by atoms with Crippen molar-refractivity contribution in [2.45, 2.75) is 37.8 Å². The molecule has 1 fully saturated rings. The fourth-order valence-electron chi connectivity index (χ4n) is 2.28. The number of hydrogen-bond donors (Lipinski definition) is 2. The molecule has 0 aliphatic carbocycles. The van der Waals surface area contributed by atoms with Crippen LogP contribution in [0.25, 0.3) is 0 Å². The van der Waals surface area contributed by atoms with E-state index in [9.17, 15) is 14.4 Å². The Morgan fingerprint density at radius 3 is 2.71 bits per heavy atom. The summed E-state index contributed by atoms with van der Waals surface area (Å²) in [7, 11) is 1.28. The molecule has 1 aliphatic heterocycles. The van der Waals surface area contributed by atoms with Gasteiger partial charge in [0.1, 0.15) is 12.1 Å². The maximum Gasteiger partial charge on any atom is 0.328 e. The third-order valence-electron chi connectivity index (χ3n) is 3.44. The number of nitrogens with zero attached hydrogens (tertiary/aromatic N) is 1. The monoisotopic (exact) mass is 318 g/mol. The highest BCUT2D eigenvalue weighted by Crippen LogP contribution is 2.18. The number of nitrogens with one attached hydrogen (secondary N) is 1. The summed E-state index contributed by atoms with van der Waals surface area (Å²) >= 11 is 1.52. The summed E-state index contributed by atoms with van der Waals surface area (Å²) in [6, 6.07) is -2.08. The van der Waals surface area contributed by atoms with Crippen LogP contribution < -0.4 is 5.32 Å². The van der Waals surface area contributed by atoms with Gasteiger partial charge in [0.05, 0.1) is 7.11 Å². The molecule has 1 aliphatic rings. The highest BCUT2D eigenvalue weighted by molar-refractivity contribution is 7.98. The zero-order valence-electron chi connectivity index (χ0n) is 12.3.